The Morgan fingerprint density at radius 1 is 1.05 bits per heavy atom. The van der Waals surface area contributed by atoms with E-state index in [1.165, 1.54) is 5.56 Å². The van der Waals surface area contributed by atoms with Crippen molar-refractivity contribution in [2.45, 2.75) is 19.8 Å². The van der Waals surface area contributed by atoms with Gasteiger partial charge in [-0.25, -0.2) is 0 Å². The summed E-state index contributed by atoms with van der Waals surface area (Å²) in [5.41, 5.74) is 4.23. The first-order chi connectivity index (χ1) is 10.2. The normalized spacial score (nSPS) is 10.7. The number of H-pyrrole nitrogens is 1. The molecular formula is C18H18N2O. The second-order valence-corrected chi connectivity index (χ2v) is 5.17. The summed E-state index contributed by atoms with van der Waals surface area (Å²) in [7, 11) is 0. The van der Waals surface area contributed by atoms with Crippen molar-refractivity contribution in [1.82, 2.24) is 4.98 Å². The second kappa shape index (κ2) is 5.83. The number of hydrogen-bond donors (Lipinski definition) is 2. The van der Waals surface area contributed by atoms with Gasteiger partial charge in [0.1, 0.15) is 0 Å². The Labute approximate surface area is 124 Å². The van der Waals surface area contributed by atoms with Crippen LogP contribution in [0.2, 0.25) is 0 Å². The number of carbonyl (C=O) groups is 1. The lowest BCUT2D eigenvalue weighted by Gasteiger charge is -2.06. The molecule has 106 valence electrons. The van der Waals surface area contributed by atoms with Crippen LogP contribution in [0.25, 0.3) is 10.9 Å². The van der Waals surface area contributed by atoms with E-state index in [1.54, 1.807) is 0 Å². The number of amides is 1. The topological polar surface area (TPSA) is 44.9 Å². The van der Waals surface area contributed by atoms with E-state index in [9.17, 15) is 4.79 Å². The summed E-state index contributed by atoms with van der Waals surface area (Å²) in [4.78, 5) is 15.2. The fourth-order valence-electron chi connectivity index (χ4n) is 2.43. The third-order valence-electron chi connectivity index (χ3n) is 3.63. The van der Waals surface area contributed by atoms with Gasteiger partial charge in [0.25, 0.3) is 0 Å². The van der Waals surface area contributed by atoms with Gasteiger partial charge >= 0.3 is 0 Å². The van der Waals surface area contributed by atoms with Gasteiger partial charge < -0.3 is 10.3 Å². The largest absolute Gasteiger partial charge is 0.361 e. The van der Waals surface area contributed by atoms with Crippen molar-refractivity contribution in [3.8, 4) is 0 Å². The first kappa shape index (κ1) is 13.4. The standard InChI is InChI=1S/C18H18N2O/c1-2-13-3-6-16(7-4-13)20-18(21)12-14-5-8-17-15(11-14)9-10-19-17/h3-11,19H,2,12H2,1H3,(H,20,21). The van der Waals surface area contributed by atoms with Crippen molar-refractivity contribution in [3.05, 3.63) is 65.9 Å². The van der Waals surface area contributed by atoms with Crippen LogP contribution in [-0.2, 0) is 17.6 Å². The van der Waals surface area contributed by atoms with Crippen molar-refractivity contribution in [2.75, 3.05) is 5.32 Å². The van der Waals surface area contributed by atoms with Crippen molar-refractivity contribution in [1.29, 1.82) is 0 Å². The minimum absolute atomic E-state index is 0.00846. The smallest absolute Gasteiger partial charge is 0.228 e. The summed E-state index contributed by atoms with van der Waals surface area (Å²) in [6, 6.07) is 16.0. The van der Waals surface area contributed by atoms with Gasteiger partial charge in [0.05, 0.1) is 6.42 Å². The molecule has 0 spiro atoms. The Bertz CT molecular complexity index is 756. The molecule has 2 N–H and O–H groups in total. The Hall–Kier alpha value is -2.55. The van der Waals surface area contributed by atoms with E-state index in [0.29, 0.717) is 6.42 Å². The van der Waals surface area contributed by atoms with Crippen LogP contribution >= 0.6 is 0 Å². The molecule has 3 heteroatoms. The number of anilines is 1. The molecule has 1 aromatic heterocycles. The zero-order valence-electron chi connectivity index (χ0n) is 12.0. The molecule has 3 nitrogen and oxygen atoms in total. The van der Waals surface area contributed by atoms with Crippen LogP contribution in [0.15, 0.2) is 54.7 Å². The number of hydrogen-bond acceptors (Lipinski definition) is 1. The number of rotatable bonds is 4. The number of carbonyl (C=O) groups excluding carboxylic acids is 1. The van der Waals surface area contributed by atoms with Crippen LogP contribution in [-0.4, -0.2) is 10.9 Å². The summed E-state index contributed by atoms with van der Waals surface area (Å²) in [6.07, 6.45) is 3.30. The van der Waals surface area contributed by atoms with Gasteiger partial charge in [-0.15, -0.1) is 0 Å². The Kier molecular flexibility index (Phi) is 3.73. The van der Waals surface area contributed by atoms with E-state index in [2.05, 4.69) is 17.2 Å². The van der Waals surface area contributed by atoms with E-state index >= 15 is 0 Å². The average molecular weight is 278 g/mol. The number of aryl methyl sites for hydroxylation is 1. The molecule has 0 aliphatic rings. The van der Waals surface area contributed by atoms with Gasteiger partial charge in [-0.1, -0.05) is 25.1 Å². The van der Waals surface area contributed by atoms with Crippen LogP contribution < -0.4 is 5.32 Å². The van der Waals surface area contributed by atoms with Crippen LogP contribution in [0.4, 0.5) is 5.69 Å². The van der Waals surface area contributed by atoms with Gasteiger partial charge in [-0.3, -0.25) is 4.79 Å². The van der Waals surface area contributed by atoms with Crippen molar-refractivity contribution in [3.63, 3.8) is 0 Å². The maximum atomic E-state index is 12.1. The molecular weight excluding hydrogens is 260 g/mol. The molecule has 0 atom stereocenters. The highest BCUT2D eigenvalue weighted by atomic mass is 16.1. The fourth-order valence-corrected chi connectivity index (χ4v) is 2.43. The van der Waals surface area contributed by atoms with E-state index in [-0.39, 0.29) is 5.91 Å². The van der Waals surface area contributed by atoms with Gasteiger partial charge in [-0.05, 0) is 53.3 Å². The third kappa shape index (κ3) is 3.14. The lowest BCUT2D eigenvalue weighted by atomic mass is 10.1. The molecule has 0 aliphatic carbocycles. The number of benzene rings is 2. The van der Waals surface area contributed by atoms with Crippen molar-refractivity contribution < 1.29 is 4.79 Å². The van der Waals surface area contributed by atoms with Crippen LogP contribution in [0.5, 0.6) is 0 Å². The maximum Gasteiger partial charge on any atom is 0.228 e. The number of nitrogens with one attached hydrogen (secondary N) is 2. The molecule has 0 saturated carbocycles. The second-order valence-electron chi connectivity index (χ2n) is 5.17. The summed E-state index contributed by atoms with van der Waals surface area (Å²) in [5, 5.41) is 4.07. The van der Waals surface area contributed by atoms with Crippen LogP contribution in [0.3, 0.4) is 0 Å². The molecule has 0 unspecified atom stereocenters. The number of aromatic amines is 1. The third-order valence-corrected chi connectivity index (χ3v) is 3.63. The quantitative estimate of drug-likeness (QED) is 0.746. The number of fused-ring (bicyclic) bond motifs is 1. The molecule has 0 aliphatic heterocycles. The summed E-state index contributed by atoms with van der Waals surface area (Å²) >= 11 is 0. The average Bonchev–Trinajstić information content (AvgIpc) is 2.95. The molecule has 0 fully saturated rings. The molecule has 3 rings (SSSR count). The van der Waals surface area contributed by atoms with Crippen LogP contribution in [0, 0.1) is 0 Å². The zero-order chi connectivity index (χ0) is 14.7. The highest BCUT2D eigenvalue weighted by molar-refractivity contribution is 5.93. The predicted octanol–water partition coefficient (Wildman–Crippen LogP) is 3.91. The molecule has 3 aromatic rings. The summed E-state index contributed by atoms with van der Waals surface area (Å²) in [5.74, 6) is 0.00846. The van der Waals surface area contributed by atoms with E-state index in [0.717, 1.165) is 28.6 Å². The lowest BCUT2D eigenvalue weighted by molar-refractivity contribution is -0.115. The van der Waals surface area contributed by atoms with Gasteiger partial charge in [0.15, 0.2) is 0 Å². The highest BCUT2D eigenvalue weighted by Crippen LogP contribution is 2.15. The van der Waals surface area contributed by atoms with Crippen molar-refractivity contribution >= 4 is 22.5 Å². The maximum absolute atomic E-state index is 12.1. The molecule has 1 heterocycles. The molecule has 1 amide bonds. The molecule has 0 radical (unpaired) electrons. The van der Waals surface area contributed by atoms with E-state index in [1.807, 2.05) is 54.7 Å². The van der Waals surface area contributed by atoms with E-state index < -0.39 is 0 Å². The predicted molar refractivity (Wildman–Crippen MR) is 86.5 cm³/mol. The SMILES string of the molecule is CCc1ccc(NC(=O)Cc2ccc3[nH]ccc3c2)cc1. The monoisotopic (exact) mass is 278 g/mol. The van der Waals surface area contributed by atoms with Gasteiger partial charge in [-0.2, -0.15) is 0 Å². The molecule has 0 bridgehead atoms. The molecule has 21 heavy (non-hydrogen) atoms. The van der Waals surface area contributed by atoms with Gasteiger partial charge in [0.2, 0.25) is 5.91 Å². The van der Waals surface area contributed by atoms with Gasteiger partial charge in [0, 0.05) is 17.4 Å². The minimum Gasteiger partial charge on any atom is -0.361 e. The first-order valence-electron chi connectivity index (χ1n) is 7.19. The Balaban J connectivity index is 1.67. The highest BCUT2D eigenvalue weighted by Gasteiger charge is 2.05. The molecule has 0 saturated heterocycles. The number of aromatic nitrogens is 1. The Morgan fingerprint density at radius 3 is 2.57 bits per heavy atom. The van der Waals surface area contributed by atoms with Crippen molar-refractivity contribution in [2.24, 2.45) is 0 Å². The lowest BCUT2D eigenvalue weighted by Crippen LogP contribution is -2.14. The summed E-state index contributed by atoms with van der Waals surface area (Å²) < 4.78 is 0. The van der Waals surface area contributed by atoms with E-state index in [4.69, 9.17) is 0 Å². The summed E-state index contributed by atoms with van der Waals surface area (Å²) in [6.45, 7) is 2.12. The minimum atomic E-state index is 0.00846. The van der Waals surface area contributed by atoms with Crippen LogP contribution in [0.1, 0.15) is 18.1 Å². The Morgan fingerprint density at radius 2 is 1.81 bits per heavy atom. The molecule has 2 aromatic carbocycles. The fraction of sp³-hybridized carbons (Fsp3) is 0.167. The zero-order valence-corrected chi connectivity index (χ0v) is 12.0. The first-order valence-corrected chi connectivity index (χ1v) is 7.19.